The molecular formula is C15H17FN2O2. The molecule has 1 aliphatic carbocycles. The van der Waals surface area contributed by atoms with Crippen molar-refractivity contribution >= 4 is 5.69 Å². The van der Waals surface area contributed by atoms with Crippen LogP contribution in [-0.2, 0) is 6.42 Å². The molecule has 0 N–H and O–H groups in total. The zero-order valence-corrected chi connectivity index (χ0v) is 11.4. The summed E-state index contributed by atoms with van der Waals surface area (Å²) in [6.45, 7) is 2.16. The molecule has 0 atom stereocenters. The first-order valence-electron chi connectivity index (χ1n) is 6.79. The van der Waals surface area contributed by atoms with Gasteiger partial charge in [0.15, 0.2) is 0 Å². The van der Waals surface area contributed by atoms with Gasteiger partial charge in [-0.3, -0.25) is 10.1 Å². The van der Waals surface area contributed by atoms with Crippen molar-refractivity contribution < 1.29 is 9.31 Å². The van der Waals surface area contributed by atoms with Gasteiger partial charge in [-0.25, -0.2) is 4.39 Å². The van der Waals surface area contributed by atoms with Crippen molar-refractivity contribution in [2.75, 3.05) is 0 Å². The van der Waals surface area contributed by atoms with E-state index in [0.29, 0.717) is 17.9 Å². The van der Waals surface area contributed by atoms with Gasteiger partial charge in [0.1, 0.15) is 5.82 Å². The van der Waals surface area contributed by atoms with Crippen molar-refractivity contribution in [1.29, 1.82) is 5.26 Å². The number of hydrogen-bond donors (Lipinski definition) is 0. The Kier molecular flexibility index (Phi) is 4.03. The Bertz CT molecular complexity index is 557. The van der Waals surface area contributed by atoms with E-state index in [1.807, 2.05) is 0 Å². The number of nitro groups is 1. The van der Waals surface area contributed by atoms with Gasteiger partial charge in [0, 0.05) is 6.07 Å². The largest absolute Gasteiger partial charge is 0.272 e. The van der Waals surface area contributed by atoms with Gasteiger partial charge in [-0.1, -0.05) is 6.92 Å². The molecule has 1 aromatic carbocycles. The third kappa shape index (κ3) is 3.13. The maximum absolute atomic E-state index is 13.4. The molecular weight excluding hydrogens is 259 g/mol. The molecule has 1 aromatic rings. The second-order valence-corrected chi connectivity index (χ2v) is 5.83. The molecule has 0 heterocycles. The Morgan fingerprint density at radius 2 is 2.10 bits per heavy atom. The van der Waals surface area contributed by atoms with Crippen LogP contribution in [0.5, 0.6) is 0 Å². The van der Waals surface area contributed by atoms with E-state index < -0.39 is 16.2 Å². The fraction of sp³-hybridized carbons (Fsp3) is 0.533. The van der Waals surface area contributed by atoms with E-state index >= 15 is 0 Å². The van der Waals surface area contributed by atoms with Gasteiger partial charge in [-0.15, -0.1) is 0 Å². The standard InChI is InChI=1S/C15H17FN2O2/c1-11-2-4-15(10-17,5-3-11)9-12-6-13(16)8-14(7-12)18(19)20/h6-8,11H,2-5,9H2,1H3. The van der Waals surface area contributed by atoms with E-state index in [9.17, 15) is 19.8 Å². The Hall–Kier alpha value is -1.96. The zero-order valence-electron chi connectivity index (χ0n) is 11.4. The second-order valence-electron chi connectivity index (χ2n) is 5.83. The van der Waals surface area contributed by atoms with Crippen LogP contribution in [0.1, 0.15) is 38.2 Å². The average Bonchev–Trinajstić information content (AvgIpc) is 2.41. The first-order valence-corrected chi connectivity index (χ1v) is 6.79. The fourth-order valence-electron chi connectivity index (χ4n) is 2.87. The van der Waals surface area contributed by atoms with E-state index in [1.54, 1.807) is 0 Å². The normalized spacial score (nSPS) is 25.9. The zero-order chi connectivity index (χ0) is 14.8. The number of nitriles is 1. The van der Waals surface area contributed by atoms with Gasteiger partial charge in [-0.2, -0.15) is 5.26 Å². The van der Waals surface area contributed by atoms with Gasteiger partial charge >= 0.3 is 0 Å². The number of benzene rings is 1. The molecule has 1 saturated carbocycles. The Labute approximate surface area is 117 Å². The molecule has 0 bridgehead atoms. The van der Waals surface area contributed by atoms with Crippen molar-refractivity contribution in [3.8, 4) is 6.07 Å². The Morgan fingerprint density at radius 3 is 2.65 bits per heavy atom. The van der Waals surface area contributed by atoms with Crippen LogP contribution in [0.3, 0.4) is 0 Å². The summed E-state index contributed by atoms with van der Waals surface area (Å²) in [6, 6.07) is 5.94. The lowest BCUT2D eigenvalue weighted by atomic mass is 9.69. The smallest absolute Gasteiger partial charge is 0.258 e. The van der Waals surface area contributed by atoms with Crippen molar-refractivity contribution in [2.45, 2.75) is 39.0 Å². The highest BCUT2D eigenvalue weighted by Gasteiger charge is 2.34. The Balaban J connectivity index is 2.24. The summed E-state index contributed by atoms with van der Waals surface area (Å²) >= 11 is 0. The molecule has 106 valence electrons. The number of halogens is 1. The number of non-ortho nitro benzene ring substituents is 1. The SMILES string of the molecule is CC1CCC(C#N)(Cc2cc(F)cc([N+](=O)[O-])c2)CC1. The van der Waals surface area contributed by atoms with Crippen LogP contribution in [0.25, 0.3) is 0 Å². The highest BCUT2D eigenvalue weighted by molar-refractivity contribution is 5.36. The Morgan fingerprint density at radius 1 is 1.45 bits per heavy atom. The predicted molar refractivity (Wildman–Crippen MR) is 72.4 cm³/mol. The van der Waals surface area contributed by atoms with Gasteiger partial charge < -0.3 is 0 Å². The molecule has 5 heteroatoms. The van der Waals surface area contributed by atoms with Crippen LogP contribution in [0, 0.1) is 38.6 Å². The number of hydrogen-bond acceptors (Lipinski definition) is 3. The number of rotatable bonds is 3. The maximum atomic E-state index is 13.4. The quantitative estimate of drug-likeness (QED) is 0.619. The van der Waals surface area contributed by atoms with Crippen LogP contribution >= 0.6 is 0 Å². The summed E-state index contributed by atoms with van der Waals surface area (Å²) in [6.07, 6.45) is 3.88. The van der Waals surface area contributed by atoms with E-state index in [1.165, 1.54) is 12.1 Å². The summed E-state index contributed by atoms with van der Waals surface area (Å²) in [5.41, 5.74) is -0.223. The summed E-state index contributed by atoms with van der Waals surface area (Å²) in [5, 5.41) is 20.2. The highest BCUT2D eigenvalue weighted by atomic mass is 19.1. The van der Waals surface area contributed by atoms with E-state index in [2.05, 4.69) is 13.0 Å². The molecule has 0 aliphatic heterocycles. The molecule has 1 fully saturated rings. The molecule has 20 heavy (non-hydrogen) atoms. The van der Waals surface area contributed by atoms with Crippen LogP contribution in [0.2, 0.25) is 0 Å². The van der Waals surface area contributed by atoms with Gasteiger partial charge in [0.05, 0.1) is 22.5 Å². The van der Waals surface area contributed by atoms with Crippen molar-refractivity contribution in [2.24, 2.45) is 11.3 Å². The van der Waals surface area contributed by atoms with Crippen LogP contribution in [0.15, 0.2) is 18.2 Å². The van der Waals surface area contributed by atoms with Gasteiger partial charge in [0.25, 0.3) is 5.69 Å². The van der Waals surface area contributed by atoms with Crippen molar-refractivity contribution in [1.82, 2.24) is 0 Å². The molecule has 2 rings (SSSR count). The van der Waals surface area contributed by atoms with E-state index in [4.69, 9.17) is 0 Å². The first-order chi connectivity index (χ1) is 9.44. The molecule has 0 aromatic heterocycles. The summed E-state index contributed by atoms with van der Waals surface area (Å²) in [7, 11) is 0. The molecule has 0 saturated heterocycles. The molecule has 0 spiro atoms. The minimum absolute atomic E-state index is 0.253. The minimum atomic E-state index is -0.619. The second kappa shape index (κ2) is 5.58. The molecule has 1 aliphatic rings. The van der Waals surface area contributed by atoms with Crippen molar-refractivity contribution in [3.05, 3.63) is 39.7 Å². The molecule has 0 amide bonds. The molecule has 4 nitrogen and oxygen atoms in total. The lowest BCUT2D eigenvalue weighted by Gasteiger charge is -2.33. The summed E-state index contributed by atoms with van der Waals surface area (Å²) in [4.78, 5) is 10.2. The summed E-state index contributed by atoms with van der Waals surface area (Å²) in [5.74, 6) is -0.00946. The highest BCUT2D eigenvalue weighted by Crippen LogP contribution is 2.41. The van der Waals surface area contributed by atoms with Crippen LogP contribution < -0.4 is 0 Å². The molecule has 0 unspecified atom stereocenters. The third-order valence-electron chi connectivity index (χ3n) is 4.16. The topological polar surface area (TPSA) is 66.9 Å². The van der Waals surface area contributed by atoms with Crippen LogP contribution in [-0.4, -0.2) is 4.92 Å². The van der Waals surface area contributed by atoms with E-state index in [-0.39, 0.29) is 5.69 Å². The first kappa shape index (κ1) is 14.4. The van der Waals surface area contributed by atoms with Gasteiger partial charge in [0.2, 0.25) is 0 Å². The minimum Gasteiger partial charge on any atom is -0.258 e. The third-order valence-corrected chi connectivity index (χ3v) is 4.16. The van der Waals surface area contributed by atoms with E-state index in [0.717, 1.165) is 31.7 Å². The maximum Gasteiger partial charge on any atom is 0.272 e. The van der Waals surface area contributed by atoms with Crippen molar-refractivity contribution in [3.63, 3.8) is 0 Å². The lowest BCUT2D eigenvalue weighted by molar-refractivity contribution is -0.385. The average molecular weight is 276 g/mol. The lowest BCUT2D eigenvalue weighted by Crippen LogP contribution is -2.27. The van der Waals surface area contributed by atoms with Gasteiger partial charge in [-0.05, 0) is 49.7 Å². The monoisotopic (exact) mass is 276 g/mol. The number of nitrogens with zero attached hydrogens (tertiary/aromatic N) is 2. The fourth-order valence-corrected chi connectivity index (χ4v) is 2.87. The predicted octanol–water partition coefficient (Wildman–Crippen LogP) is 4.00. The molecule has 0 radical (unpaired) electrons. The number of nitro benzene ring substituents is 1. The van der Waals surface area contributed by atoms with Crippen LogP contribution in [0.4, 0.5) is 10.1 Å². The summed E-state index contributed by atoms with van der Waals surface area (Å²) < 4.78 is 13.4.